The van der Waals surface area contributed by atoms with Crippen LogP contribution in [0.1, 0.15) is 18.4 Å². The van der Waals surface area contributed by atoms with Crippen molar-refractivity contribution in [1.29, 1.82) is 0 Å². The number of likely N-dealkylation sites (tertiary alicyclic amines) is 1. The number of hydrogen-bond donors (Lipinski definition) is 1. The van der Waals surface area contributed by atoms with Gasteiger partial charge < -0.3 is 19.5 Å². The highest BCUT2D eigenvalue weighted by Crippen LogP contribution is 2.27. The van der Waals surface area contributed by atoms with E-state index in [-0.39, 0.29) is 12.5 Å². The SMILES string of the molecule is O=C(COc1ccccc1OCc1ccccc1)N1CCCC(O)C1. The highest BCUT2D eigenvalue weighted by atomic mass is 16.5. The third-order valence-corrected chi connectivity index (χ3v) is 4.19. The normalized spacial score (nSPS) is 17.2. The molecule has 2 aromatic carbocycles. The number of amides is 1. The van der Waals surface area contributed by atoms with Crippen LogP contribution in [0.25, 0.3) is 0 Å². The molecule has 0 spiro atoms. The molecule has 1 unspecified atom stereocenters. The largest absolute Gasteiger partial charge is 0.485 e. The second-order valence-electron chi connectivity index (χ2n) is 6.15. The Kier molecular flexibility index (Phi) is 5.90. The van der Waals surface area contributed by atoms with Crippen LogP contribution < -0.4 is 9.47 Å². The number of piperidine rings is 1. The van der Waals surface area contributed by atoms with Crippen molar-refractivity contribution in [2.45, 2.75) is 25.6 Å². The predicted octanol–water partition coefficient (Wildman–Crippen LogP) is 2.63. The van der Waals surface area contributed by atoms with E-state index in [2.05, 4.69) is 0 Å². The number of ether oxygens (including phenoxy) is 2. The Labute approximate surface area is 147 Å². The van der Waals surface area contributed by atoms with Crippen molar-refractivity contribution in [2.75, 3.05) is 19.7 Å². The molecule has 1 fully saturated rings. The second kappa shape index (κ2) is 8.53. The van der Waals surface area contributed by atoms with Gasteiger partial charge in [-0.05, 0) is 30.5 Å². The smallest absolute Gasteiger partial charge is 0.260 e. The molecule has 2 aromatic rings. The molecule has 1 aliphatic heterocycles. The minimum atomic E-state index is -0.431. The number of aliphatic hydroxyl groups is 1. The fourth-order valence-electron chi connectivity index (χ4n) is 2.84. The molecule has 132 valence electrons. The fourth-order valence-corrected chi connectivity index (χ4v) is 2.84. The number of nitrogens with zero attached hydrogens (tertiary/aromatic N) is 1. The van der Waals surface area contributed by atoms with Crippen molar-refractivity contribution < 1.29 is 19.4 Å². The van der Waals surface area contributed by atoms with Crippen LogP contribution >= 0.6 is 0 Å². The molecule has 0 aromatic heterocycles. The summed E-state index contributed by atoms with van der Waals surface area (Å²) in [6, 6.07) is 17.2. The first-order chi connectivity index (χ1) is 12.2. The summed E-state index contributed by atoms with van der Waals surface area (Å²) >= 11 is 0. The maximum absolute atomic E-state index is 12.3. The van der Waals surface area contributed by atoms with Gasteiger partial charge in [-0.25, -0.2) is 0 Å². The van der Waals surface area contributed by atoms with Gasteiger partial charge in [0.05, 0.1) is 6.10 Å². The predicted molar refractivity (Wildman–Crippen MR) is 94.5 cm³/mol. The van der Waals surface area contributed by atoms with E-state index in [1.165, 1.54) is 0 Å². The molecular formula is C20H23NO4. The van der Waals surface area contributed by atoms with E-state index in [9.17, 15) is 9.90 Å². The van der Waals surface area contributed by atoms with E-state index in [1.54, 1.807) is 11.0 Å². The van der Waals surface area contributed by atoms with Crippen molar-refractivity contribution in [3.05, 3.63) is 60.2 Å². The number of hydrogen-bond acceptors (Lipinski definition) is 4. The zero-order chi connectivity index (χ0) is 17.5. The lowest BCUT2D eigenvalue weighted by Crippen LogP contribution is -2.44. The van der Waals surface area contributed by atoms with Crippen molar-refractivity contribution >= 4 is 5.91 Å². The van der Waals surface area contributed by atoms with Gasteiger partial charge in [0.2, 0.25) is 0 Å². The standard InChI is InChI=1S/C20H23NO4/c22-17-9-6-12-21(13-17)20(23)15-25-19-11-5-4-10-18(19)24-14-16-7-2-1-3-8-16/h1-5,7-8,10-11,17,22H,6,9,12-15H2. The summed E-state index contributed by atoms with van der Waals surface area (Å²) in [6.45, 7) is 1.44. The maximum Gasteiger partial charge on any atom is 0.260 e. The van der Waals surface area contributed by atoms with Crippen molar-refractivity contribution in [3.63, 3.8) is 0 Å². The molecule has 25 heavy (non-hydrogen) atoms. The molecule has 0 aliphatic carbocycles. The van der Waals surface area contributed by atoms with E-state index in [0.29, 0.717) is 31.2 Å². The Morgan fingerprint density at radius 2 is 1.72 bits per heavy atom. The average Bonchev–Trinajstić information content (AvgIpc) is 2.66. The summed E-state index contributed by atoms with van der Waals surface area (Å²) in [6.07, 6.45) is 1.14. The molecule has 5 nitrogen and oxygen atoms in total. The van der Waals surface area contributed by atoms with Crippen LogP contribution in [0.5, 0.6) is 11.5 Å². The highest BCUT2D eigenvalue weighted by molar-refractivity contribution is 5.78. The van der Waals surface area contributed by atoms with Gasteiger partial charge in [-0.3, -0.25) is 4.79 Å². The molecule has 1 saturated heterocycles. The number of benzene rings is 2. The molecule has 1 atom stereocenters. The van der Waals surface area contributed by atoms with Gasteiger partial charge in [0.15, 0.2) is 18.1 Å². The van der Waals surface area contributed by atoms with Crippen LogP contribution in [-0.4, -0.2) is 41.7 Å². The van der Waals surface area contributed by atoms with Crippen LogP contribution in [0.4, 0.5) is 0 Å². The van der Waals surface area contributed by atoms with Crippen LogP contribution in [0.3, 0.4) is 0 Å². The first-order valence-corrected chi connectivity index (χ1v) is 8.57. The van der Waals surface area contributed by atoms with Gasteiger partial charge in [0, 0.05) is 13.1 Å². The van der Waals surface area contributed by atoms with E-state index in [4.69, 9.17) is 9.47 Å². The maximum atomic E-state index is 12.3. The average molecular weight is 341 g/mol. The van der Waals surface area contributed by atoms with Gasteiger partial charge in [0.25, 0.3) is 5.91 Å². The number of aliphatic hydroxyl groups excluding tert-OH is 1. The summed E-state index contributed by atoms with van der Waals surface area (Å²) in [5.74, 6) is 1.04. The number of carbonyl (C=O) groups is 1. The summed E-state index contributed by atoms with van der Waals surface area (Å²) in [5.41, 5.74) is 1.07. The van der Waals surface area contributed by atoms with Crippen molar-refractivity contribution in [2.24, 2.45) is 0 Å². The monoisotopic (exact) mass is 341 g/mol. The molecular weight excluding hydrogens is 318 g/mol. The summed E-state index contributed by atoms with van der Waals surface area (Å²) in [7, 11) is 0. The quantitative estimate of drug-likeness (QED) is 0.877. The molecule has 5 heteroatoms. The van der Waals surface area contributed by atoms with Crippen LogP contribution in [0.15, 0.2) is 54.6 Å². The first kappa shape index (κ1) is 17.3. The first-order valence-electron chi connectivity index (χ1n) is 8.57. The van der Waals surface area contributed by atoms with Gasteiger partial charge in [-0.15, -0.1) is 0 Å². The van der Waals surface area contributed by atoms with E-state index in [0.717, 1.165) is 18.4 Å². The van der Waals surface area contributed by atoms with Crippen LogP contribution in [-0.2, 0) is 11.4 Å². The highest BCUT2D eigenvalue weighted by Gasteiger charge is 2.22. The lowest BCUT2D eigenvalue weighted by Gasteiger charge is -2.30. The van der Waals surface area contributed by atoms with Gasteiger partial charge in [-0.2, -0.15) is 0 Å². The molecule has 1 N–H and O–H groups in total. The molecule has 1 heterocycles. The number of para-hydroxylation sites is 2. The summed E-state index contributed by atoms with van der Waals surface area (Å²) in [5, 5.41) is 9.68. The van der Waals surface area contributed by atoms with Crippen molar-refractivity contribution in [3.8, 4) is 11.5 Å². The Bertz CT molecular complexity index is 689. The minimum absolute atomic E-state index is 0.0571. The summed E-state index contributed by atoms with van der Waals surface area (Å²) in [4.78, 5) is 13.9. The third kappa shape index (κ3) is 4.97. The zero-order valence-electron chi connectivity index (χ0n) is 14.1. The Balaban J connectivity index is 1.56. The molecule has 1 amide bonds. The Morgan fingerprint density at radius 3 is 2.44 bits per heavy atom. The van der Waals surface area contributed by atoms with Crippen molar-refractivity contribution in [1.82, 2.24) is 4.90 Å². The zero-order valence-corrected chi connectivity index (χ0v) is 14.1. The summed E-state index contributed by atoms with van der Waals surface area (Å²) < 4.78 is 11.5. The Morgan fingerprint density at radius 1 is 1.04 bits per heavy atom. The van der Waals surface area contributed by atoms with Gasteiger partial charge in [-0.1, -0.05) is 42.5 Å². The fraction of sp³-hybridized carbons (Fsp3) is 0.350. The lowest BCUT2D eigenvalue weighted by molar-refractivity contribution is -0.136. The lowest BCUT2D eigenvalue weighted by atomic mass is 10.1. The van der Waals surface area contributed by atoms with Gasteiger partial charge >= 0.3 is 0 Å². The van der Waals surface area contributed by atoms with Crippen LogP contribution in [0.2, 0.25) is 0 Å². The van der Waals surface area contributed by atoms with Gasteiger partial charge in [0.1, 0.15) is 6.61 Å². The van der Waals surface area contributed by atoms with E-state index >= 15 is 0 Å². The van der Waals surface area contributed by atoms with Crippen LogP contribution in [0, 0.1) is 0 Å². The molecule has 0 bridgehead atoms. The minimum Gasteiger partial charge on any atom is -0.485 e. The number of carbonyl (C=O) groups excluding carboxylic acids is 1. The second-order valence-corrected chi connectivity index (χ2v) is 6.15. The molecule has 0 radical (unpaired) electrons. The number of rotatable bonds is 6. The molecule has 1 aliphatic rings. The third-order valence-electron chi connectivity index (χ3n) is 4.19. The molecule has 0 saturated carbocycles. The Hall–Kier alpha value is -2.53. The molecule has 3 rings (SSSR count). The van der Waals surface area contributed by atoms with E-state index in [1.807, 2.05) is 48.5 Å². The number of β-amino-alcohol motifs (C(OH)–C–C–N with tert-alkyl or cyclic N) is 1. The van der Waals surface area contributed by atoms with E-state index < -0.39 is 6.10 Å². The topological polar surface area (TPSA) is 59.0 Å².